The molecule has 0 spiro atoms. The first kappa shape index (κ1) is 17.6. The van der Waals surface area contributed by atoms with E-state index >= 15 is 0 Å². The van der Waals surface area contributed by atoms with E-state index in [1.54, 1.807) is 0 Å². The van der Waals surface area contributed by atoms with Crippen LogP contribution in [0.1, 0.15) is 62.9 Å². The molecule has 26 heavy (non-hydrogen) atoms. The van der Waals surface area contributed by atoms with Crippen molar-refractivity contribution in [2.24, 2.45) is 5.92 Å². The van der Waals surface area contributed by atoms with Crippen molar-refractivity contribution in [3.05, 3.63) is 23.7 Å². The average molecular weight is 359 g/mol. The summed E-state index contributed by atoms with van der Waals surface area (Å²) in [5.41, 5.74) is 0. The van der Waals surface area contributed by atoms with Crippen LogP contribution in [0.4, 0.5) is 0 Å². The number of amides is 2. The van der Waals surface area contributed by atoms with Crippen LogP contribution in [-0.4, -0.2) is 41.9 Å². The second-order valence-electron chi connectivity index (χ2n) is 8.17. The summed E-state index contributed by atoms with van der Waals surface area (Å²) in [4.78, 5) is 26.7. The van der Waals surface area contributed by atoms with Gasteiger partial charge in [0.25, 0.3) is 0 Å². The molecule has 6 nitrogen and oxygen atoms in total. The summed E-state index contributed by atoms with van der Waals surface area (Å²) in [6, 6.07) is 4.20. The zero-order valence-corrected chi connectivity index (χ0v) is 15.5. The summed E-state index contributed by atoms with van der Waals surface area (Å²) in [7, 11) is 0. The standard InChI is InChI=1S/C20H29N3O3/c1-13-10-16(13)18-8-7-15(26-18)11-23(14-5-6-14)12-19(24)22-17-4-2-3-9-21-20(17)25/h7-8,13-14,16-17H,2-6,9-12H2,1H3,(H,21,25)(H,22,24)/t13-,16+,17-/m1/s1. The van der Waals surface area contributed by atoms with Gasteiger partial charge in [0.15, 0.2) is 0 Å². The van der Waals surface area contributed by atoms with Gasteiger partial charge in [-0.05, 0) is 56.6 Å². The van der Waals surface area contributed by atoms with Crippen molar-refractivity contribution in [1.29, 1.82) is 0 Å². The SMILES string of the molecule is C[C@@H]1C[C@@H]1c1ccc(CN(CC(=O)N[C@@H]2CCCCNC2=O)C2CC2)o1. The fraction of sp³-hybridized carbons (Fsp3) is 0.700. The van der Waals surface area contributed by atoms with Crippen LogP contribution < -0.4 is 10.6 Å². The molecule has 0 aromatic carbocycles. The van der Waals surface area contributed by atoms with Gasteiger partial charge in [0, 0.05) is 18.5 Å². The van der Waals surface area contributed by atoms with Gasteiger partial charge in [-0.3, -0.25) is 14.5 Å². The average Bonchev–Trinajstić information content (AvgIpc) is 3.52. The number of hydrogen-bond acceptors (Lipinski definition) is 4. The van der Waals surface area contributed by atoms with E-state index in [4.69, 9.17) is 4.42 Å². The molecular weight excluding hydrogens is 330 g/mol. The first-order valence-electron chi connectivity index (χ1n) is 10.00. The van der Waals surface area contributed by atoms with Gasteiger partial charge in [0.2, 0.25) is 11.8 Å². The molecule has 2 aliphatic carbocycles. The number of carbonyl (C=O) groups is 2. The van der Waals surface area contributed by atoms with E-state index in [0.29, 0.717) is 31.6 Å². The molecule has 2 N–H and O–H groups in total. The highest BCUT2D eigenvalue weighted by Gasteiger charge is 2.37. The minimum absolute atomic E-state index is 0.0527. The molecule has 3 aliphatic rings. The lowest BCUT2D eigenvalue weighted by atomic mass is 10.1. The van der Waals surface area contributed by atoms with E-state index in [9.17, 15) is 9.59 Å². The predicted octanol–water partition coefficient (Wildman–Crippen LogP) is 2.15. The van der Waals surface area contributed by atoms with Crippen molar-refractivity contribution in [1.82, 2.24) is 15.5 Å². The maximum Gasteiger partial charge on any atom is 0.242 e. The lowest BCUT2D eigenvalue weighted by Crippen LogP contribution is -2.48. The smallest absolute Gasteiger partial charge is 0.242 e. The Balaban J connectivity index is 1.32. The third-order valence-electron chi connectivity index (χ3n) is 5.80. The van der Waals surface area contributed by atoms with Crippen LogP contribution in [0.25, 0.3) is 0 Å². The van der Waals surface area contributed by atoms with Gasteiger partial charge < -0.3 is 15.1 Å². The largest absolute Gasteiger partial charge is 0.464 e. The lowest BCUT2D eigenvalue weighted by Gasteiger charge is -2.22. The molecule has 2 saturated carbocycles. The predicted molar refractivity (Wildman–Crippen MR) is 97.5 cm³/mol. The zero-order chi connectivity index (χ0) is 18.1. The van der Waals surface area contributed by atoms with Crippen LogP contribution in [-0.2, 0) is 16.1 Å². The van der Waals surface area contributed by atoms with Crippen LogP contribution in [0.3, 0.4) is 0 Å². The van der Waals surface area contributed by atoms with Crippen molar-refractivity contribution >= 4 is 11.8 Å². The highest BCUT2D eigenvalue weighted by atomic mass is 16.3. The molecule has 142 valence electrons. The Bertz CT molecular complexity index is 667. The molecule has 1 aliphatic heterocycles. The molecule has 0 bridgehead atoms. The second-order valence-corrected chi connectivity index (χ2v) is 8.17. The Labute approximate surface area is 154 Å². The number of nitrogens with one attached hydrogen (secondary N) is 2. The van der Waals surface area contributed by atoms with E-state index < -0.39 is 6.04 Å². The number of carbonyl (C=O) groups excluding carboxylic acids is 2. The summed E-state index contributed by atoms with van der Waals surface area (Å²) >= 11 is 0. The van der Waals surface area contributed by atoms with E-state index in [1.807, 2.05) is 6.07 Å². The topological polar surface area (TPSA) is 74.6 Å². The third-order valence-corrected chi connectivity index (χ3v) is 5.80. The Morgan fingerprint density at radius 1 is 1.31 bits per heavy atom. The Kier molecular flexibility index (Phi) is 5.02. The molecule has 2 heterocycles. The number of rotatable bonds is 7. The maximum atomic E-state index is 12.5. The summed E-state index contributed by atoms with van der Waals surface area (Å²) in [6.07, 6.45) is 6.14. The van der Waals surface area contributed by atoms with Crippen molar-refractivity contribution < 1.29 is 14.0 Å². The van der Waals surface area contributed by atoms with E-state index in [2.05, 4.69) is 28.5 Å². The second kappa shape index (κ2) is 7.43. The van der Waals surface area contributed by atoms with Crippen LogP contribution in [0.5, 0.6) is 0 Å². The summed E-state index contributed by atoms with van der Waals surface area (Å²) in [5, 5.41) is 5.79. The molecule has 1 saturated heterocycles. The molecule has 4 rings (SSSR count). The number of hydrogen-bond donors (Lipinski definition) is 2. The van der Waals surface area contributed by atoms with Crippen LogP contribution >= 0.6 is 0 Å². The summed E-state index contributed by atoms with van der Waals surface area (Å²) in [5.74, 6) is 3.21. The zero-order valence-electron chi connectivity index (χ0n) is 15.5. The van der Waals surface area contributed by atoms with Gasteiger partial charge in [-0.2, -0.15) is 0 Å². The number of furan rings is 1. The van der Waals surface area contributed by atoms with Crippen LogP contribution in [0.15, 0.2) is 16.5 Å². The lowest BCUT2D eigenvalue weighted by molar-refractivity contribution is -0.129. The van der Waals surface area contributed by atoms with Crippen LogP contribution in [0, 0.1) is 5.92 Å². The summed E-state index contributed by atoms with van der Waals surface area (Å²) < 4.78 is 6.01. The van der Waals surface area contributed by atoms with E-state index in [1.165, 1.54) is 6.42 Å². The Morgan fingerprint density at radius 2 is 2.12 bits per heavy atom. The van der Waals surface area contributed by atoms with Gasteiger partial charge in [-0.25, -0.2) is 0 Å². The minimum Gasteiger partial charge on any atom is -0.464 e. The Morgan fingerprint density at radius 3 is 2.85 bits per heavy atom. The van der Waals surface area contributed by atoms with Crippen molar-refractivity contribution in [2.75, 3.05) is 13.1 Å². The molecule has 0 unspecified atom stereocenters. The fourth-order valence-electron chi connectivity index (χ4n) is 3.85. The van der Waals surface area contributed by atoms with E-state index in [-0.39, 0.29) is 11.8 Å². The quantitative estimate of drug-likeness (QED) is 0.782. The Hall–Kier alpha value is -1.82. The molecule has 6 heteroatoms. The first-order valence-corrected chi connectivity index (χ1v) is 10.00. The normalized spacial score (nSPS) is 28.5. The molecule has 1 aromatic heterocycles. The number of nitrogens with zero attached hydrogens (tertiary/aromatic N) is 1. The first-order chi connectivity index (χ1) is 12.6. The molecule has 3 atom stereocenters. The van der Waals surface area contributed by atoms with Gasteiger partial charge in [-0.15, -0.1) is 0 Å². The van der Waals surface area contributed by atoms with Gasteiger partial charge in [0.05, 0.1) is 13.1 Å². The van der Waals surface area contributed by atoms with Crippen molar-refractivity contribution in [2.45, 2.75) is 70.0 Å². The fourth-order valence-corrected chi connectivity index (χ4v) is 3.85. The third kappa shape index (κ3) is 4.29. The van der Waals surface area contributed by atoms with Crippen LogP contribution in [0.2, 0.25) is 0 Å². The minimum atomic E-state index is -0.391. The highest BCUT2D eigenvalue weighted by molar-refractivity contribution is 5.88. The summed E-state index contributed by atoms with van der Waals surface area (Å²) in [6.45, 7) is 3.94. The van der Waals surface area contributed by atoms with Gasteiger partial charge >= 0.3 is 0 Å². The van der Waals surface area contributed by atoms with Gasteiger partial charge in [-0.1, -0.05) is 6.92 Å². The molecule has 3 fully saturated rings. The van der Waals surface area contributed by atoms with Crippen molar-refractivity contribution in [3.8, 4) is 0 Å². The van der Waals surface area contributed by atoms with Gasteiger partial charge in [0.1, 0.15) is 17.6 Å². The molecule has 1 aromatic rings. The molecule has 0 radical (unpaired) electrons. The van der Waals surface area contributed by atoms with Crippen molar-refractivity contribution in [3.63, 3.8) is 0 Å². The molecular formula is C20H29N3O3. The van der Waals surface area contributed by atoms with E-state index in [0.717, 1.165) is 49.5 Å². The molecule has 2 amide bonds. The maximum absolute atomic E-state index is 12.5. The monoisotopic (exact) mass is 359 g/mol. The highest BCUT2D eigenvalue weighted by Crippen LogP contribution is 2.47.